The standard InChI is InChI=1S/C21H21Cl3FNO2/c1-21(2)26(20(27)19(23)24)17(12-25)18(28-21)16-9-7-15(8-10-16)14-5-3-13(11-22)4-6-14/h3-10,17-19H,11-12H2,1-2H3/t17-,18-/m1/s1. The van der Waals surface area contributed by atoms with Gasteiger partial charge in [-0.3, -0.25) is 4.79 Å². The van der Waals surface area contributed by atoms with Crippen molar-refractivity contribution in [2.24, 2.45) is 0 Å². The molecule has 0 spiro atoms. The molecule has 1 aliphatic rings. The van der Waals surface area contributed by atoms with Crippen LogP contribution in [0.25, 0.3) is 11.1 Å². The Labute approximate surface area is 179 Å². The molecule has 0 aromatic heterocycles. The Morgan fingerprint density at radius 1 is 1.11 bits per heavy atom. The summed E-state index contributed by atoms with van der Waals surface area (Å²) in [6.45, 7) is 2.65. The van der Waals surface area contributed by atoms with Crippen LogP contribution in [0.5, 0.6) is 0 Å². The van der Waals surface area contributed by atoms with Crippen LogP contribution in [0.2, 0.25) is 0 Å². The summed E-state index contributed by atoms with van der Waals surface area (Å²) in [5, 5.41) is 0. The zero-order valence-corrected chi connectivity index (χ0v) is 17.8. The zero-order chi connectivity index (χ0) is 20.5. The summed E-state index contributed by atoms with van der Waals surface area (Å²) in [5.41, 5.74) is 2.90. The van der Waals surface area contributed by atoms with Gasteiger partial charge in [-0.05, 0) is 36.1 Å². The average molecular weight is 445 g/mol. The van der Waals surface area contributed by atoms with E-state index in [1.165, 1.54) is 4.90 Å². The van der Waals surface area contributed by atoms with E-state index in [0.29, 0.717) is 5.88 Å². The van der Waals surface area contributed by atoms with Crippen LogP contribution in [0.15, 0.2) is 48.5 Å². The second-order valence-electron chi connectivity index (χ2n) is 7.17. The molecule has 150 valence electrons. The first-order chi connectivity index (χ1) is 13.3. The molecule has 0 radical (unpaired) electrons. The average Bonchev–Trinajstić information content (AvgIpc) is 2.97. The smallest absolute Gasteiger partial charge is 0.258 e. The van der Waals surface area contributed by atoms with Gasteiger partial charge in [-0.15, -0.1) is 11.6 Å². The topological polar surface area (TPSA) is 29.5 Å². The molecule has 0 bridgehead atoms. The molecule has 1 fully saturated rings. The highest BCUT2D eigenvalue weighted by Crippen LogP contribution is 2.42. The number of rotatable bonds is 5. The van der Waals surface area contributed by atoms with E-state index < -0.39 is 35.3 Å². The summed E-state index contributed by atoms with van der Waals surface area (Å²) in [7, 11) is 0. The van der Waals surface area contributed by atoms with Gasteiger partial charge in [0.05, 0.1) is 6.04 Å². The molecule has 3 rings (SSSR count). The minimum absolute atomic E-state index is 0.472. The second-order valence-corrected chi connectivity index (χ2v) is 8.53. The number of halogens is 4. The summed E-state index contributed by atoms with van der Waals surface area (Å²) in [4.78, 5) is 12.4. The van der Waals surface area contributed by atoms with E-state index in [2.05, 4.69) is 0 Å². The first kappa shape index (κ1) is 21.4. The highest BCUT2D eigenvalue weighted by atomic mass is 35.5. The third-order valence-corrected chi connectivity index (χ3v) is 5.62. The number of carbonyl (C=O) groups is 1. The van der Waals surface area contributed by atoms with Crippen molar-refractivity contribution in [1.82, 2.24) is 4.90 Å². The molecule has 0 unspecified atom stereocenters. The molecule has 0 saturated carbocycles. The fourth-order valence-electron chi connectivity index (χ4n) is 3.61. The zero-order valence-electron chi connectivity index (χ0n) is 15.5. The normalized spacial score (nSPS) is 21.3. The third-order valence-electron chi connectivity index (χ3n) is 4.94. The van der Waals surface area contributed by atoms with E-state index in [4.69, 9.17) is 39.5 Å². The first-order valence-electron chi connectivity index (χ1n) is 8.89. The van der Waals surface area contributed by atoms with Crippen LogP contribution in [0.3, 0.4) is 0 Å². The minimum Gasteiger partial charge on any atom is -0.346 e. The molecule has 7 heteroatoms. The van der Waals surface area contributed by atoms with Gasteiger partial charge in [0.1, 0.15) is 18.5 Å². The fraction of sp³-hybridized carbons (Fsp3) is 0.381. The van der Waals surface area contributed by atoms with Gasteiger partial charge in [0.2, 0.25) is 0 Å². The lowest BCUT2D eigenvalue weighted by molar-refractivity contribution is -0.145. The Morgan fingerprint density at radius 3 is 2.11 bits per heavy atom. The Balaban J connectivity index is 1.87. The summed E-state index contributed by atoms with van der Waals surface area (Å²) in [6.07, 6.45) is -0.608. The van der Waals surface area contributed by atoms with Crippen molar-refractivity contribution in [2.75, 3.05) is 6.67 Å². The molecule has 28 heavy (non-hydrogen) atoms. The summed E-state index contributed by atoms with van der Waals surface area (Å²) in [6, 6.07) is 14.9. The number of carbonyl (C=O) groups excluding carboxylic acids is 1. The Bertz CT molecular complexity index is 825. The molecule has 3 nitrogen and oxygen atoms in total. The molecule has 2 atom stereocenters. The van der Waals surface area contributed by atoms with Gasteiger partial charge >= 0.3 is 0 Å². The molecular formula is C21H21Cl3FNO2. The Hall–Kier alpha value is -1.33. The van der Waals surface area contributed by atoms with Crippen molar-refractivity contribution >= 4 is 40.7 Å². The van der Waals surface area contributed by atoms with E-state index in [-0.39, 0.29) is 0 Å². The lowest BCUT2D eigenvalue weighted by Crippen LogP contribution is -2.50. The molecule has 2 aromatic carbocycles. The maximum atomic E-state index is 13.9. The molecule has 2 aromatic rings. The maximum Gasteiger partial charge on any atom is 0.258 e. The number of alkyl halides is 4. The van der Waals surface area contributed by atoms with Crippen molar-refractivity contribution in [3.63, 3.8) is 0 Å². The fourth-order valence-corrected chi connectivity index (χ4v) is 3.99. The van der Waals surface area contributed by atoms with Crippen molar-refractivity contribution in [1.29, 1.82) is 0 Å². The summed E-state index contributed by atoms with van der Waals surface area (Å²) in [5.74, 6) is -0.0891. The number of benzene rings is 2. The van der Waals surface area contributed by atoms with E-state index in [9.17, 15) is 9.18 Å². The Morgan fingerprint density at radius 2 is 1.64 bits per heavy atom. The largest absolute Gasteiger partial charge is 0.346 e. The van der Waals surface area contributed by atoms with Crippen LogP contribution >= 0.6 is 34.8 Å². The monoisotopic (exact) mass is 443 g/mol. The first-order valence-corrected chi connectivity index (χ1v) is 10.3. The van der Waals surface area contributed by atoms with Crippen LogP contribution in [-0.2, 0) is 15.4 Å². The number of amides is 1. The van der Waals surface area contributed by atoms with Gasteiger partial charge in [0, 0.05) is 5.88 Å². The van der Waals surface area contributed by atoms with Crippen LogP contribution < -0.4 is 0 Å². The van der Waals surface area contributed by atoms with Crippen molar-refractivity contribution in [3.8, 4) is 11.1 Å². The predicted molar refractivity (Wildman–Crippen MR) is 111 cm³/mol. The molecular weight excluding hydrogens is 424 g/mol. The quantitative estimate of drug-likeness (QED) is 0.540. The maximum absolute atomic E-state index is 13.9. The SMILES string of the molecule is CC1(C)O[C@H](c2ccc(-c3ccc(CCl)cc3)cc2)[C@@H](CF)N1C(=O)C(Cl)Cl. The lowest BCUT2D eigenvalue weighted by Gasteiger charge is -2.33. The molecule has 1 saturated heterocycles. The van der Waals surface area contributed by atoms with E-state index in [1.54, 1.807) is 13.8 Å². The number of nitrogens with zero attached hydrogens (tertiary/aromatic N) is 1. The minimum atomic E-state index is -1.27. The van der Waals surface area contributed by atoms with Crippen molar-refractivity contribution < 1.29 is 13.9 Å². The van der Waals surface area contributed by atoms with E-state index in [1.807, 2.05) is 48.5 Å². The van der Waals surface area contributed by atoms with Crippen LogP contribution in [0.4, 0.5) is 4.39 Å². The molecule has 1 amide bonds. The van der Waals surface area contributed by atoms with Gasteiger partial charge in [-0.1, -0.05) is 71.7 Å². The number of hydrogen-bond acceptors (Lipinski definition) is 2. The number of ether oxygens (including phenoxy) is 1. The summed E-state index contributed by atoms with van der Waals surface area (Å²) < 4.78 is 19.9. The lowest BCUT2D eigenvalue weighted by atomic mass is 9.98. The van der Waals surface area contributed by atoms with Gasteiger partial charge in [-0.25, -0.2) is 4.39 Å². The van der Waals surface area contributed by atoms with Crippen molar-refractivity contribution in [3.05, 3.63) is 59.7 Å². The highest BCUT2D eigenvalue weighted by molar-refractivity contribution is 6.53. The highest BCUT2D eigenvalue weighted by Gasteiger charge is 2.51. The number of hydrogen-bond donors (Lipinski definition) is 0. The molecule has 1 aliphatic heterocycles. The van der Waals surface area contributed by atoms with Gasteiger partial charge in [-0.2, -0.15) is 0 Å². The van der Waals surface area contributed by atoms with E-state index in [0.717, 1.165) is 22.3 Å². The van der Waals surface area contributed by atoms with Gasteiger partial charge < -0.3 is 9.64 Å². The predicted octanol–water partition coefficient (Wildman–Crippen LogP) is 5.87. The molecule has 0 N–H and O–H groups in total. The Kier molecular flexibility index (Phi) is 6.55. The van der Waals surface area contributed by atoms with Crippen LogP contribution in [-0.4, -0.2) is 34.1 Å². The summed E-state index contributed by atoms with van der Waals surface area (Å²) >= 11 is 17.3. The van der Waals surface area contributed by atoms with Crippen molar-refractivity contribution in [2.45, 2.75) is 42.4 Å². The van der Waals surface area contributed by atoms with Gasteiger partial charge in [0.15, 0.2) is 4.84 Å². The second kappa shape index (κ2) is 8.58. The molecule has 1 heterocycles. The third kappa shape index (κ3) is 4.16. The van der Waals surface area contributed by atoms with Gasteiger partial charge in [0.25, 0.3) is 5.91 Å². The van der Waals surface area contributed by atoms with Crippen LogP contribution in [0.1, 0.15) is 31.1 Å². The van der Waals surface area contributed by atoms with E-state index >= 15 is 0 Å². The molecule has 0 aliphatic carbocycles. The van der Waals surface area contributed by atoms with Crippen LogP contribution in [0, 0.1) is 0 Å².